The van der Waals surface area contributed by atoms with Gasteiger partial charge in [0.15, 0.2) is 5.13 Å². The molecule has 0 fully saturated rings. The van der Waals surface area contributed by atoms with Crippen molar-refractivity contribution in [3.63, 3.8) is 0 Å². The molecule has 0 unspecified atom stereocenters. The molecule has 0 radical (unpaired) electrons. The van der Waals surface area contributed by atoms with Gasteiger partial charge in [-0.1, -0.05) is 31.5 Å². The molecule has 2 aromatic rings. The average molecular weight is 297 g/mol. The number of aryl methyl sites for hydroxylation is 1. The van der Waals surface area contributed by atoms with E-state index >= 15 is 0 Å². The van der Waals surface area contributed by atoms with E-state index in [1.807, 2.05) is 11.4 Å². The van der Waals surface area contributed by atoms with Gasteiger partial charge in [0.05, 0.1) is 0 Å². The Bertz CT molecular complexity index is 468. The van der Waals surface area contributed by atoms with Crippen LogP contribution in [0.1, 0.15) is 18.9 Å². The third kappa shape index (κ3) is 2.83. The summed E-state index contributed by atoms with van der Waals surface area (Å²) in [5.41, 5.74) is 2.50. The van der Waals surface area contributed by atoms with E-state index in [4.69, 9.17) is 0 Å². The van der Waals surface area contributed by atoms with Crippen LogP contribution >= 0.6 is 27.3 Å². The molecule has 0 saturated carbocycles. The van der Waals surface area contributed by atoms with E-state index in [-0.39, 0.29) is 0 Å². The molecule has 16 heavy (non-hydrogen) atoms. The second-order valence-electron chi connectivity index (χ2n) is 3.51. The molecule has 0 amide bonds. The lowest BCUT2D eigenvalue weighted by molar-refractivity contribution is 0.923. The third-order valence-electron chi connectivity index (χ3n) is 2.25. The fourth-order valence-electron chi connectivity index (χ4n) is 1.56. The number of aromatic nitrogens is 1. The highest BCUT2D eigenvalue weighted by Gasteiger charge is 2.03. The Kier molecular flexibility index (Phi) is 3.96. The van der Waals surface area contributed by atoms with Gasteiger partial charge in [-0.3, -0.25) is 0 Å². The van der Waals surface area contributed by atoms with Gasteiger partial charge < -0.3 is 5.32 Å². The molecule has 0 aliphatic heterocycles. The van der Waals surface area contributed by atoms with Crippen LogP contribution in [0.15, 0.2) is 34.2 Å². The number of halogens is 1. The second kappa shape index (κ2) is 5.46. The van der Waals surface area contributed by atoms with E-state index in [0.717, 1.165) is 28.3 Å². The van der Waals surface area contributed by atoms with Gasteiger partial charge in [-0.25, -0.2) is 4.98 Å². The zero-order valence-corrected chi connectivity index (χ0v) is 11.4. The highest BCUT2D eigenvalue weighted by atomic mass is 79.9. The Balaban J connectivity index is 2.20. The van der Waals surface area contributed by atoms with Crippen molar-refractivity contribution in [2.75, 3.05) is 5.32 Å². The molecular weight excluding hydrogens is 284 g/mol. The van der Waals surface area contributed by atoms with Gasteiger partial charge >= 0.3 is 0 Å². The molecule has 1 aromatic heterocycles. The van der Waals surface area contributed by atoms with E-state index < -0.39 is 0 Å². The van der Waals surface area contributed by atoms with Gasteiger partial charge in [0, 0.05) is 11.1 Å². The van der Waals surface area contributed by atoms with Crippen LogP contribution in [0.4, 0.5) is 10.8 Å². The fraction of sp³-hybridized carbons (Fsp3) is 0.250. The normalized spacial score (nSPS) is 10.4. The maximum absolute atomic E-state index is 4.33. The molecule has 0 saturated heterocycles. The Morgan fingerprint density at radius 3 is 2.88 bits per heavy atom. The number of anilines is 2. The SMILES string of the molecule is CCCc1ccccc1Nc1nc(Br)cs1. The van der Waals surface area contributed by atoms with Gasteiger partial charge in [-0.2, -0.15) is 0 Å². The molecule has 0 aliphatic rings. The number of nitrogens with one attached hydrogen (secondary N) is 1. The maximum atomic E-state index is 4.33. The van der Waals surface area contributed by atoms with Gasteiger partial charge in [-0.15, -0.1) is 11.3 Å². The summed E-state index contributed by atoms with van der Waals surface area (Å²) in [7, 11) is 0. The minimum absolute atomic E-state index is 0.882. The van der Waals surface area contributed by atoms with Gasteiger partial charge in [0.2, 0.25) is 0 Å². The molecule has 0 aliphatic carbocycles. The van der Waals surface area contributed by atoms with Gasteiger partial charge in [0.1, 0.15) is 4.60 Å². The zero-order chi connectivity index (χ0) is 11.4. The van der Waals surface area contributed by atoms with E-state index in [2.05, 4.69) is 51.4 Å². The Morgan fingerprint density at radius 1 is 1.38 bits per heavy atom. The monoisotopic (exact) mass is 296 g/mol. The number of nitrogens with zero attached hydrogens (tertiary/aromatic N) is 1. The average Bonchev–Trinajstić information content (AvgIpc) is 2.67. The Hall–Kier alpha value is -0.870. The van der Waals surface area contributed by atoms with Crippen molar-refractivity contribution in [3.8, 4) is 0 Å². The molecule has 4 heteroatoms. The predicted molar refractivity (Wildman–Crippen MR) is 73.5 cm³/mol. The van der Waals surface area contributed by atoms with Crippen molar-refractivity contribution >= 4 is 38.1 Å². The lowest BCUT2D eigenvalue weighted by Crippen LogP contribution is -1.95. The summed E-state index contributed by atoms with van der Waals surface area (Å²) in [6.45, 7) is 2.19. The molecule has 1 aromatic carbocycles. The largest absolute Gasteiger partial charge is 0.331 e. The number of rotatable bonds is 4. The van der Waals surface area contributed by atoms with Crippen LogP contribution in [0.25, 0.3) is 0 Å². The minimum Gasteiger partial charge on any atom is -0.331 e. The molecule has 84 valence electrons. The molecule has 1 heterocycles. The van der Waals surface area contributed by atoms with Crippen molar-refractivity contribution in [1.82, 2.24) is 4.98 Å². The number of thiazole rings is 1. The summed E-state index contributed by atoms with van der Waals surface area (Å²) in [4.78, 5) is 4.33. The van der Waals surface area contributed by atoms with Crippen molar-refractivity contribution in [2.24, 2.45) is 0 Å². The Morgan fingerprint density at radius 2 is 2.19 bits per heavy atom. The van der Waals surface area contributed by atoms with Crippen LogP contribution in [0.5, 0.6) is 0 Å². The van der Waals surface area contributed by atoms with Crippen molar-refractivity contribution < 1.29 is 0 Å². The summed E-state index contributed by atoms with van der Waals surface area (Å²) in [6, 6.07) is 8.38. The first-order valence-corrected chi connectivity index (χ1v) is 6.93. The molecule has 0 atom stereocenters. The molecule has 1 N–H and O–H groups in total. The molecule has 0 bridgehead atoms. The minimum atomic E-state index is 0.882. The predicted octanol–water partition coefficient (Wildman–Crippen LogP) is 4.60. The van der Waals surface area contributed by atoms with Crippen LogP contribution in [-0.4, -0.2) is 4.98 Å². The van der Waals surface area contributed by atoms with Crippen molar-refractivity contribution in [1.29, 1.82) is 0 Å². The van der Waals surface area contributed by atoms with E-state index in [1.54, 1.807) is 11.3 Å². The lowest BCUT2D eigenvalue weighted by Gasteiger charge is -2.08. The van der Waals surface area contributed by atoms with Crippen LogP contribution < -0.4 is 5.32 Å². The number of hydrogen-bond donors (Lipinski definition) is 1. The summed E-state index contributed by atoms with van der Waals surface area (Å²) < 4.78 is 0.882. The topological polar surface area (TPSA) is 24.9 Å². The van der Waals surface area contributed by atoms with Crippen LogP contribution in [0.3, 0.4) is 0 Å². The lowest BCUT2D eigenvalue weighted by atomic mass is 10.1. The molecule has 0 spiro atoms. The quantitative estimate of drug-likeness (QED) is 0.892. The van der Waals surface area contributed by atoms with Crippen molar-refractivity contribution in [2.45, 2.75) is 19.8 Å². The number of para-hydroxylation sites is 1. The first-order valence-electron chi connectivity index (χ1n) is 5.25. The molecule has 2 rings (SSSR count). The van der Waals surface area contributed by atoms with Crippen molar-refractivity contribution in [3.05, 3.63) is 39.8 Å². The summed E-state index contributed by atoms with van der Waals surface area (Å²) in [5.74, 6) is 0. The molecular formula is C12H13BrN2S. The first-order chi connectivity index (χ1) is 7.79. The fourth-order valence-corrected chi connectivity index (χ4v) is 2.71. The smallest absolute Gasteiger partial charge is 0.188 e. The van der Waals surface area contributed by atoms with E-state index in [9.17, 15) is 0 Å². The van der Waals surface area contributed by atoms with Crippen LogP contribution in [0.2, 0.25) is 0 Å². The van der Waals surface area contributed by atoms with Gasteiger partial charge in [-0.05, 0) is 34.0 Å². The number of hydrogen-bond acceptors (Lipinski definition) is 3. The summed E-state index contributed by atoms with van der Waals surface area (Å²) >= 11 is 4.96. The summed E-state index contributed by atoms with van der Waals surface area (Å²) in [6.07, 6.45) is 2.25. The van der Waals surface area contributed by atoms with Gasteiger partial charge in [0.25, 0.3) is 0 Å². The van der Waals surface area contributed by atoms with Crippen LogP contribution in [0, 0.1) is 0 Å². The molecule has 2 nitrogen and oxygen atoms in total. The zero-order valence-electron chi connectivity index (χ0n) is 9.03. The first kappa shape index (κ1) is 11.6. The maximum Gasteiger partial charge on any atom is 0.188 e. The standard InChI is InChI=1S/C12H13BrN2S/c1-2-5-9-6-3-4-7-10(9)14-12-15-11(13)8-16-12/h3-4,6-8H,2,5H2,1H3,(H,14,15). The van der Waals surface area contributed by atoms with E-state index in [1.165, 1.54) is 5.56 Å². The third-order valence-corrected chi connectivity index (χ3v) is 3.72. The van der Waals surface area contributed by atoms with Crippen LogP contribution in [-0.2, 0) is 6.42 Å². The Labute approximate surface area is 108 Å². The second-order valence-corrected chi connectivity index (χ2v) is 5.18. The van der Waals surface area contributed by atoms with E-state index in [0.29, 0.717) is 0 Å². The highest BCUT2D eigenvalue weighted by molar-refractivity contribution is 9.10. The highest BCUT2D eigenvalue weighted by Crippen LogP contribution is 2.26. The summed E-state index contributed by atoms with van der Waals surface area (Å²) in [5, 5.41) is 6.26. The number of benzene rings is 1.